The zero-order chi connectivity index (χ0) is 15.0. The second-order valence-corrected chi connectivity index (χ2v) is 6.89. The van der Waals surface area contributed by atoms with Gasteiger partial charge >= 0.3 is 0 Å². The predicted molar refractivity (Wildman–Crippen MR) is 90.3 cm³/mol. The lowest BCUT2D eigenvalue weighted by Crippen LogP contribution is -2.55. The molecule has 0 heterocycles. The summed E-state index contributed by atoms with van der Waals surface area (Å²) in [5.41, 5.74) is 0. The third-order valence-corrected chi connectivity index (χ3v) is 5.09. The van der Waals surface area contributed by atoms with Crippen molar-refractivity contribution >= 4 is 0 Å². The molecule has 20 heavy (non-hydrogen) atoms. The molecule has 1 fully saturated rings. The van der Waals surface area contributed by atoms with Gasteiger partial charge < -0.3 is 5.32 Å². The molecular formula is C18H38N2. The van der Waals surface area contributed by atoms with Gasteiger partial charge in [0.05, 0.1) is 0 Å². The summed E-state index contributed by atoms with van der Waals surface area (Å²) in [5, 5.41) is 3.84. The van der Waals surface area contributed by atoms with E-state index in [2.05, 4.69) is 44.8 Å². The van der Waals surface area contributed by atoms with Gasteiger partial charge in [-0.2, -0.15) is 0 Å². The Labute approximate surface area is 127 Å². The van der Waals surface area contributed by atoms with Crippen LogP contribution in [0, 0.1) is 5.92 Å². The van der Waals surface area contributed by atoms with Crippen LogP contribution in [0.2, 0.25) is 0 Å². The van der Waals surface area contributed by atoms with Crippen molar-refractivity contribution in [3.05, 3.63) is 0 Å². The average molecular weight is 283 g/mol. The van der Waals surface area contributed by atoms with E-state index in [1.807, 2.05) is 0 Å². The van der Waals surface area contributed by atoms with Crippen molar-refractivity contribution < 1.29 is 0 Å². The lowest BCUT2D eigenvalue weighted by Gasteiger charge is -2.45. The Morgan fingerprint density at radius 1 is 1.15 bits per heavy atom. The molecule has 1 rings (SSSR count). The summed E-state index contributed by atoms with van der Waals surface area (Å²) in [7, 11) is 0. The molecule has 4 unspecified atom stereocenters. The molecule has 1 saturated carbocycles. The number of nitrogens with one attached hydrogen (secondary N) is 1. The molecule has 4 atom stereocenters. The molecular weight excluding hydrogens is 244 g/mol. The van der Waals surface area contributed by atoms with Crippen LogP contribution in [0.5, 0.6) is 0 Å². The first kappa shape index (κ1) is 18.0. The number of hydrogen-bond acceptors (Lipinski definition) is 2. The van der Waals surface area contributed by atoms with Crippen LogP contribution in [0.15, 0.2) is 0 Å². The summed E-state index contributed by atoms with van der Waals surface area (Å²) < 4.78 is 0. The topological polar surface area (TPSA) is 15.3 Å². The minimum Gasteiger partial charge on any atom is -0.312 e. The summed E-state index contributed by atoms with van der Waals surface area (Å²) in [6.45, 7) is 14.3. The van der Waals surface area contributed by atoms with E-state index in [1.54, 1.807) is 0 Å². The van der Waals surface area contributed by atoms with Gasteiger partial charge in [0.1, 0.15) is 0 Å². The Morgan fingerprint density at radius 2 is 1.90 bits per heavy atom. The maximum Gasteiger partial charge on any atom is 0.0254 e. The Morgan fingerprint density at radius 3 is 2.50 bits per heavy atom. The van der Waals surface area contributed by atoms with Crippen molar-refractivity contribution in [3.8, 4) is 0 Å². The molecule has 0 amide bonds. The summed E-state index contributed by atoms with van der Waals surface area (Å²) in [6.07, 6.45) is 9.32. The van der Waals surface area contributed by atoms with E-state index in [0.29, 0.717) is 0 Å². The standard InChI is InChI=1S/C18H38N2/c1-6-9-13-20(16(5)8-3)18-14-15(4)10-11-17(18)19-12-7-2/h15-19H,6-14H2,1-5H3. The van der Waals surface area contributed by atoms with Gasteiger partial charge in [0.15, 0.2) is 0 Å². The van der Waals surface area contributed by atoms with Crippen LogP contribution in [0.3, 0.4) is 0 Å². The Hall–Kier alpha value is -0.0800. The largest absolute Gasteiger partial charge is 0.312 e. The predicted octanol–water partition coefficient (Wildman–Crippen LogP) is 4.44. The van der Waals surface area contributed by atoms with E-state index in [0.717, 1.165) is 24.0 Å². The third kappa shape index (κ3) is 5.37. The van der Waals surface area contributed by atoms with Gasteiger partial charge in [-0.25, -0.2) is 0 Å². The molecule has 0 bridgehead atoms. The quantitative estimate of drug-likeness (QED) is 0.672. The van der Waals surface area contributed by atoms with Crippen LogP contribution < -0.4 is 5.32 Å². The van der Waals surface area contributed by atoms with Gasteiger partial charge in [0, 0.05) is 18.1 Å². The monoisotopic (exact) mass is 282 g/mol. The van der Waals surface area contributed by atoms with E-state index >= 15 is 0 Å². The molecule has 0 aromatic heterocycles. The number of nitrogens with zero attached hydrogens (tertiary/aromatic N) is 1. The Bertz CT molecular complexity index is 240. The van der Waals surface area contributed by atoms with Gasteiger partial charge in [0.25, 0.3) is 0 Å². The van der Waals surface area contributed by atoms with Crippen molar-refractivity contribution in [3.63, 3.8) is 0 Å². The lowest BCUT2D eigenvalue weighted by molar-refractivity contribution is 0.0657. The van der Waals surface area contributed by atoms with Gasteiger partial charge in [-0.3, -0.25) is 4.90 Å². The molecule has 1 aliphatic carbocycles. The van der Waals surface area contributed by atoms with Crippen LogP contribution in [-0.2, 0) is 0 Å². The Balaban J connectivity index is 2.73. The molecule has 0 spiro atoms. The molecule has 1 N–H and O–H groups in total. The van der Waals surface area contributed by atoms with Crippen molar-refractivity contribution in [2.45, 2.75) is 97.7 Å². The second-order valence-electron chi connectivity index (χ2n) is 6.89. The zero-order valence-electron chi connectivity index (χ0n) is 14.6. The average Bonchev–Trinajstić information content (AvgIpc) is 2.46. The van der Waals surface area contributed by atoms with Crippen LogP contribution in [0.1, 0.15) is 79.6 Å². The summed E-state index contributed by atoms with van der Waals surface area (Å²) in [4.78, 5) is 2.83. The van der Waals surface area contributed by atoms with Crippen molar-refractivity contribution in [2.24, 2.45) is 5.92 Å². The number of unbranched alkanes of at least 4 members (excludes halogenated alkanes) is 1. The van der Waals surface area contributed by atoms with Crippen LogP contribution in [0.4, 0.5) is 0 Å². The summed E-state index contributed by atoms with van der Waals surface area (Å²) >= 11 is 0. The molecule has 2 heteroatoms. The maximum absolute atomic E-state index is 3.84. The maximum atomic E-state index is 3.84. The molecule has 0 saturated heterocycles. The summed E-state index contributed by atoms with van der Waals surface area (Å²) in [5.74, 6) is 0.896. The fraction of sp³-hybridized carbons (Fsp3) is 1.00. The van der Waals surface area contributed by atoms with Gasteiger partial charge in [-0.1, -0.05) is 34.1 Å². The van der Waals surface area contributed by atoms with E-state index in [9.17, 15) is 0 Å². The first-order valence-electron chi connectivity index (χ1n) is 9.13. The molecule has 0 radical (unpaired) electrons. The van der Waals surface area contributed by atoms with Crippen LogP contribution >= 0.6 is 0 Å². The molecule has 1 aliphatic rings. The highest BCUT2D eigenvalue weighted by atomic mass is 15.2. The van der Waals surface area contributed by atoms with Gasteiger partial charge in [-0.15, -0.1) is 0 Å². The molecule has 2 nitrogen and oxygen atoms in total. The van der Waals surface area contributed by atoms with Crippen molar-refractivity contribution in [1.82, 2.24) is 10.2 Å². The minimum absolute atomic E-state index is 0.719. The minimum atomic E-state index is 0.719. The first-order valence-corrected chi connectivity index (χ1v) is 9.13. The Kier molecular flexibility index (Phi) is 8.79. The number of rotatable bonds is 9. The first-order chi connectivity index (χ1) is 9.63. The van der Waals surface area contributed by atoms with Crippen molar-refractivity contribution in [1.29, 1.82) is 0 Å². The van der Waals surface area contributed by atoms with Gasteiger partial charge in [0.2, 0.25) is 0 Å². The highest BCUT2D eigenvalue weighted by Crippen LogP contribution is 2.29. The lowest BCUT2D eigenvalue weighted by atomic mass is 9.81. The zero-order valence-corrected chi connectivity index (χ0v) is 14.6. The molecule has 0 aromatic rings. The van der Waals surface area contributed by atoms with Crippen LogP contribution in [-0.4, -0.2) is 36.1 Å². The van der Waals surface area contributed by atoms with Crippen LogP contribution in [0.25, 0.3) is 0 Å². The fourth-order valence-corrected chi connectivity index (χ4v) is 3.57. The number of hydrogen-bond donors (Lipinski definition) is 1. The van der Waals surface area contributed by atoms with Gasteiger partial charge in [-0.05, 0) is 64.5 Å². The highest BCUT2D eigenvalue weighted by molar-refractivity contribution is 4.91. The smallest absolute Gasteiger partial charge is 0.0254 e. The molecule has 120 valence electrons. The molecule has 0 aliphatic heterocycles. The van der Waals surface area contributed by atoms with E-state index < -0.39 is 0 Å². The van der Waals surface area contributed by atoms with Crippen molar-refractivity contribution in [2.75, 3.05) is 13.1 Å². The summed E-state index contributed by atoms with van der Waals surface area (Å²) in [6, 6.07) is 2.20. The second kappa shape index (κ2) is 9.78. The fourth-order valence-electron chi connectivity index (χ4n) is 3.57. The third-order valence-electron chi connectivity index (χ3n) is 5.09. The highest BCUT2D eigenvalue weighted by Gasteiger charge is 2.33. The normalized spacial score (nSPS) is 28.8. The van der Waals surface area contributed by atoms with E-state index in [1.165, 1.54) is 58.0 Å². The van der Waals surface area contributed by atoms with E-state index in [-0.39, 0.29) is 0 Å². The van der Waals surface area contributed by atoms with E-state index in [4.69, 9.17) is 0 Å². The SMILES string of the molecule is CCCCN(C(C)CC)C1CC(C)CCC1NCCC. The molecule has 0 aromatic carbocycles.